The van der Waals surface area contributed by atoms with E-state index in [-0.39, 0.29) is 24.0 Å². The summed E-state index contributed by atoms with van der Waals surface area (Å²) in [5, 5.41) is 3.32. The van der Waals surface area contributed by atoms with Crippen molar-refractivity contribution < 1.29 is 13.9 Å². The number of halogens is 2. The molecule has 2 aromatic carbocycles. The van der Waals surface area contributed by atoms with Crippen molar-refractivity contribution in [2.45, 2.75) is 38.3 Å². The van der Waals surface area contributed by atoms with Crippen molar-refractivity contribution in [1.82, 2.24) is 5.32 Å². The van der Waals surface area contributed by atoms with E-state index in [0.29, 0.717) is 17.0 Å². The molecule has 0 spiro atoms. The highest BCUT2D eigenvalue weighted by Crippen LogP contribution is 2.39. The summed E-state index contributed by atoms with van der Waals surface area (Å²) in [6.07, 6.45) is 0.627. The number of nitrogens with one attached hydrogen (secondary N) is 1. The molecule has 2 aromatic rings. The number of benzene rings is 2. The van der Waals surface area contributed by atoms with Gasteiger partial charge in [0.25, 0.3) is 0 Å². The van der Waals surface area contributed by atoms with Gasteiger partial charge in [-0.05, 0) is 37.6 Å². The smallest absolute Gasteiger partial charge is 0.225 e. The van der Waals surface area contributed by atoms with E-state index < -0.39 is 5.82 Å². The number of carbonyl (C=O) groups is 1. The quantitative estimate of drug-likeness (QED) is 0.891. The van der Waals surface area contributed by atoms with Crippen LogP contribution in [-0.2, 0) is 11.2 Å². The lowest BCUT2D eigenvalue weighted by Gasteiger charge is -2.37. The molecule has 0 saturated heterocycles. The Morgan fingerprint density at radius 3 is 2.83 bits per heavy atom. The lowest BCUT2D eigenvalue weighted by Crippen LogP contribution is -2.41. The Morgan fingerprint density at radius 2 is 2.08 bits per heavy atom. The molecule has 126 valence electrons. The van der Waals surface area contributed by atoms with E-state index >= 15 is 0 Å². The number of ether oxygens (including phenoxy) is 1. The molecule has 3 rings (SSSR count). The highest BCUT2D eigenvalue weighted by Gasteiger charge is 2.34. The van der Waals surface area contributed by atoms with Gasteiger partial charge >= 0.3 is 0 Å². The Kier molecular flexibility index (Phi) is 4.50. The second kappa shape index (κ2) is 6.44. The van der Waals surface area contributed by atoms with Crippen molar-refractivity contribution in [3.63, 3.8) is 0 Å². The summed E-state index contributed by atoms with van der Waals surface area (Å²) in [6.45, 7) is 3.97. The van der Waals surface area contributed by atoms with Crippen molar-refractivity contribution >= 4 is 17.5 Å². The maximum Gasteiger partial charge on any atom is 0.225 e. The molecule has 1 aliphatic rings. The number of carbonyl (C=O) groups excluding carboxylic acids is 1. The molecule has 1 unspecified atom stereocenters. The van der Waals surface area contributed by atoms with Crippen molar-refractivity contribution in [2.24, 2.45) is 0 Å². The number of amides is 1. The molecule has 3 nitrogen and oxygen atoms in total. The largest absolute Gasteiger partial charge is 0.487 e. The molecule has 0 saturated carbocycles. The summed E-state index contributed by atoms with van der Waals surface area (Å²) >= 11 is 5.74. The molecular formula is C19H19ClFNO2. The summed E-state index contributed by atoms with van der Waals surface area (Å²) in [7, 11) is 0. The van der Waals surface area contributed by atoms with Crippen molar-refractivity contribution in [3.8, 4) is 5.75 Å². The van der Waals surface area contributed by atoms with E-state index in [2.05, 4.69) is 5.32 Å². The molecule has 1 N–H and O–H groups in total. The van der Waals surface area contributed by atoms with Crippen LogP contribution in [0.5, 0.6) is 5.75 Å². The maximum absolute atomic E-state index is 13.9. The standard InChI is InChI=1S/C19H19ClFNO2/c1-19(2)11-16(14-5-3-4-6-17(14)24-19)22-18(23)9-12-7-8-13(20)10-15(12)21/h3-8,10,16H,9,11H2,1-2H3,(H,22,23). The fourth-order valence-corrected chi connectivity index (χ4v) is 3.17. The van der Waals surface area contributed by atoms with Crippen LogP contribution in [0.2, 0.25) is 5.02 Å². The first kappa shape index (κ1) is 16.8. The third kappa shape index (κ3) is 3.70. The van der Waals surface area contributed by atoms with Gasteiger partial charge in [0.05, 0.1) is 12.5 Å². The van der Waals surface area contributed by atoms with Crippen molar-refractivity contribution in [3.05, 3.63) is 64.4 Å². The van der Waals surface area contributed by atoms with E-state index in [1.54, 1.807) is 12.1 Å². The number of para-hydroxylation sites is 1. The van der Waals surface area contributed by atoms with Crippen LogP contribution in [0.15, 0.2) is 42.5 Å². The lowest BCUT2D eigenvalue weighted by atomic mass is 9.89. The SMILES string of the molecule is CC1(C)CC(NC(=O)Cc2ccc(Cl)cc2F)c2ccccc2O1. The Morgan fingerprint density at radius 1 is 1.33 bits per heavy atom. The molecule has 24 heavy (non-hydrogen) atoms. The van der Waals surface area contributed by atoms with Gasteiger partial charge in [-0.15, -0.1) is 0 Å². The highest BCUT2D eigenvalue weighted by molar-refractivity contribution is 6.30. The van der Waals surface area contributed by atoms with Crippen LogP contribution in [0.4, 0.5) is 4.39 Å². The summed E-state index contributed by atoms with van der Waals surface area (Å²) in [4.78, 5) is 12.4. The second-order valence-corrected chi connectivity index (χ2v) is 7.07. The highest BCUT2D eigenvalue weighted by atomic mass is 35.5. The number of hydrogen-bond acceptors (Lipinski definition) is 2. The third-order valence-electron chi connectivity index (χ3n) is 4.08. The van der Waals surface area contributed by atoms with Gasteiger partial charge in [-0.2, -0.15) is 0 Å². The molecular weight excluding hydrogens is 329 g/mol. The van der Waals surface area contributed by atoms with Gasteiger partial charge in [-0.1, -0.05) is 35.9 Å². The molecule has 0 aromatic heterocycles. The first-order chi connectivity index (χ1) is 11.3. The fraction of sp³-hybridized carbons (Fsp3) is 0.316. The van der Waals surface area contributed by atoms with E-state index in [0.717, 1.165) is 11.3 Å². The number of hydrogen-bond donors (Lipinski definition) is 1. The van der Waals surface area contributed by atoms with E-state index in [9.17, 15) is 9.18 Å². The normalized spacial score (nSPS) is 18.4. The van der Waals surface area contributed by atoms with Crippen molar-refractivity contribution in [1.29, 1.82) is 0 Å². The van der Waals surface area contributed by atoms with E-state index in [1.165, 1.54) is 6.07 Å². The van der Waals surface area contributed by atoms with Crippen LogP contribution in [-0.4, -0.2) is 11.5 Å². The molecule has 0 aliphatic carbocycles. The minimum atomic E-state index is -0.467. The van der Waals surface area contributed by atoms with Gasteiger partial charge in [0.1, 0.15) is 17.2 Å². The molecule has 0 radical (unpaired) electrons. The van der Waals surface area contributed by atoms with Crippen LogP contribution in [0.1, 0.15) is 37.4 Å². The fourth-order valence-electron chi connectivity index (χ4n) is 3.01. The van der Waals surface area contributed by atoms with Gasteiger partial charge in [-0.25, -0.2) is 4.39 Å². The first-order valence-corrected chi connectivity index (χ1v) is 8.23. The van der Waals surface area contributed by atoms with Gasteiger partial charge < -0.3 is 10.1 Å². The zero-order valence-corrected chi connectivity index (χ0v) is 14.4. The summed E-state index contributed by atoms with van der Waals surface area (Å²) in [5.41, 5.74) is 0.899. The van der Waals surface area contributed by atoms with Gasteiger partial charge in [0, 0.05) is 17.0 Å². The predicted molar refractivity (Wildman–Crippen MR) is 91.8 cm³/mol. The third-order valence-corrected chi connectivity index (χ3v) is 4.31. The molecule has 1 amide bonds. The van der Waals surface area contributed by atoms with Crippen LogP contribution in [0, 0.1) is 5.82 Å². The Bertz CT molecular complexity index is 776. The minimum Gasteiger partial charge on any atom is -0.487 e. The monoisotopic (exact) mass is 347 g/mol. The Balaban J connectivity index is 1.76. The topological polar surface area (TPSA) is 38.3 Å². The first-order valence-electron chi connectivity index (χ1n) is 7.85. The zero-order valence-electron chi connectivity index (χ0n) is 13.6. The van der Waals surface area contributed by atoms with Crippen LogP contribution in [0.25, 0.3) is 0 Å². The zero-order chi connectivity index (χ0) is 17.3. The summed E-state index contributed by atoms with van der Waals surface area (Å²) in [6, 6.07) is 11.8. The van der Waals surface area contributed by atoms with E-state index in [1.807, 2.05) is 38.1 Å². The molecule has 0 fully saturated rings. The van der Waals surface area contributed by atoms with E-state index in [4.69, 9.17) is 16.3 Å². The van der Waals surface area contributed by atoms with Crippen LogP contribution in [0.3, 0.4) is 0 Å². The Hall–Kier alpha value is -2.07. The molecule has 1 aliphatic heterocycles. The van der Waals surface area contributed by atoms with Crippen molar-refractivity contribution in [2.75, 3.05) is 0 Å². The molecule has 1 heterocycles. The number of rotatable bonds is 3. The predicted octanol–water partition coefficient (Wildman–Crippen LogP) is 4.44. The van der Waals surface area contributed by atoms with Gasteiger partial charge in [-0.3, -0.25) is 4.79 Å². The molecule has 0 bridgehead atoms. The molecule has 1 atom stereocenters. The van der Waals surface area contributed by atoms with Gasteiger partial charge in [0.2, 0.25) is 5.91 Å². The summed E-state index contributed by atoms with van der Waals surface area (Å²) in [5.74, 6) is 0.0795. The second-order valence-electron chi connectivity index (χ2n) is 6.64. The average molecular weight is 348 g/mol. The Labute approximate surface area is 145 Å². The summed E-state index contributed by atoms with van der Waals surface area (Å²) < 4.78 is 19.8. The average Bonchev–Trinajstić information content (AvgIpc) is 2.49. The maximum atomic E-state index is 13.9. The number of fused-ring (bicyclic) bond motifs is 1. The van der Waals surface area contributed by atoms with Crippen LogP contribution >= 0.6 is 11.6 Å². The lowest BCUT2D eigenvalue weighted by molar-refractivity contribution is -0.121. The van der Waals surface area contributed by atoms with Gasteiger partial charge in [0.15, 0.2) is 0 Å². The van der Waals surface area contributed by atoms with Crippen LogP contribution < -0.4 is 10.1 Å². The molecule has 5 heteroatoms. The minimum absolute atomic E-state index is 0.0248.